The third kappa shape index (κ3) is 3.89. The Balaban J connectivity index is 2.15. The first-order valence-corrected chi connectivity index (χ1v) is 5.57. The molecule has 0 aromatic carbocycles. The molecule has 0 saturated carbocycles. The summed E-state index contributed by atoms with van der Waals surface area (Å²) >= 11 is 1.79. The van der Waals surface area contributed by atoms with Crippen LogP contribution in [0.1, 0.15) is 24.8 Å². The fourth-order valence-corrected chi connectivity index (χ4v) is 1.89. The molecule has 3 heteroatoms. The van der Waals surface area contributed by atoms with Crippen LogP contribution in [0.2, 0.25) is 0 Å². The van der Waals surface area contributed by atoms with Crippen LogP contribution < -0.4 is 5.32 Å². The number of thiophene rings is 1. The van der Waals surface area contributed by atoms with Crippen LogP contribution in [0.15, 0.2) is 17.5 Å². The largest absolute Gasteiger partial charge is 0.380 e. The number of hydrogen-bond donors (Lipinski definition) is 1. The molecule has 2 nitrogen and oxygen atoms in total. The zero-order chi connectivity index (χ0) is 9.52. The molecule has 1 rings (SSSR count). The van der Waals surface area contributed by atoms with Gasteiger partial charge in [-0.25, -0.2) is 0 Å². The number of nitrogens with one attached hydrogen (secondary N) is 1. The maximum absolute atomic E-state index is 5.24. The maximum atomic E-state index is 5.24. The molecule has 0 amide bonds. The van der Waals surface area contributed by atoms with E-state index in [9.17, 15) is 0 Å². The third-order valence-electron chi connectivity index (χ3n) is 1.87. The maximum Gasteiger partial charge on any atom is 0.0590 e. The van der Waals surface area contributed by atoms with Crippen molar-refractivity contribution in [1.29, 1.82) is 0 Å². The molecular formula is C10H17NOS. The monoisotopic (exact) mass is 199 g/mol. The summed E-state index contributed by atoms with van der Waals surface area (Å²) in [5, 5.41) is 5.51. The minimum Gasteiger partial charge on any atom is -0.380 e. The molecule has 0 aliphatic rings. The number of hydrogen-bond acceptors (Lipinski definition) is 3. The van der Waals surface area contributed by atoms with Gasteiger partial charge in [0.15, 0.2) is 0 Å². The zero-order valence-corrected chi connectivity index (χ0v) is 9.06. The summed E-state index contributed by atoms with van der Waals surface area (Å²) in [5.74, 6) is 0. The Morgan fingerprint density at radius 3 is 3.08 bits per heavy atom. The van der Waals surface area contributed by atoms with E-state index in [1.807, 2.05) is 6.92 Å². The molecule has 0 radical (unpaired) electrons. The summed E-state index contributed by atoms with van der Waals surface area (Å²) in [5.41, 5.74) is 0. The molecule has 0 aliphatic heterocycles. The molecule has 0 saturated heterocycles. The molecule has 1 N–H and O–H groups in total. The third-order valence-corrected chi connectivity index (χ3v) is 2.93. The van der Waals surface area contributed by atoms with Gasteiger partial charge in [-0.1, -0.05) is 6.07 Å². The highest BCUT2D eigenvalue weighted by molar-refractivity contribution is 7.10. The lowest BCUT2D eigenvalue weighted by Crippen LogP contribution is -2.22. The summed E-state index contributed by atoms with van der Waals surface area (Å²) in [7, 11) is 0. The van der Waals surface area contributed by atoms with Crippen molar-refractivity contribution in [3.63, 3.8) is 0 Å². The first kappa shape index (κ1) is 10.7. The Hall–Kier alpha value is -0.380. The number of ether oxygens (including phenoxy) is 1. The lowest BCUT2D eigenvalue weighted by atomic mass is 10.3. The first-order valence-electron chi connectivity index (χ1n) is 4.69. The van der Waals surface area contributed by atoms with Gasteiger partial charge in [-0.3, -0.25) is 0 Å². The zero-order valence-electron chi connectivity index (χ0n) is 8.25. The minimum absolute atomic E-state index is 0.445. The van der Waals surface area contributed by atoms with Crippen molar-refractivity contribution in [1.82, 2.24) is 5.32 Å². The Labute approximate surface area is 83.9 Å². The Morgan fingerprint density at radius 2 is 2.46 bits per heavy atom. The van der Waals surface area contributed by atoms with Crippen molar-refractivity contribution in [2.24, 2.45) is 0 Å². The van der Waals surface area contributed by atoms with E-state index in [0.29, 0.717) is 6.04 Å². The van der Waals surface area contributed by atoms with E-state index in [1.54, 1.807) is 11.3 Å². The van der Waals surface area contributed by atoms with E-state index in [-0.39, 0.29) is 0 Å². The van der Waals surface area contributed by atoms with Gasteiger partial charge in [-0.05, 0) is 25.3 Å². The van der Waals surface area contributed by atoms with Crippen molar-refractivity contribution < 1.29 is 4.74 Å². The molecule has 1 atom stereocenters. The van der Waals surface area contributed by atoms with Gasteiger partial charge in [0.1, 0.15) is 0 Å². The van der Waals surface area contributed by atoms with Crippen LogP contribution >= 0.6 is 11.3 Å². The SMILES string of the molecule is CCOCCNC(C)c1cccs1. The van der Waals surface area contributed by atoms with E-state index >= 15 is 0 Å². The van der Waals surface area contributed by atoms with E-state index in [1.165, 1.54) is 4.88 Å². The summed E-state index contributed by atoms with van der Waals surface area (Å²) in [4.78, 5) is 1.39. The average molecular weight is 199 g/mol. The Morgan fingerprint density at radius 1 is 1.62 bits per heavy atom. The molecule has 13 heavy (non-hydrogen) atoms. The van der Waals surface area contributed by atoms with E-state index < -0.39 is 0 Å². The minimum atomic E-state index is 0.445. The van der Waals surface area contributed by atoms with Crippen LogP contribution in [0.3, 0.4) is 0 Å². The second-order valence-electron chi connectivity index (χ2n) is 2.89. The van der Waals surface area contributed by atoms with Crippen LogP contribution in [-0.2, 0) is 4.74 Å². The van der Waals surface area contributed by atoms with Gasteiger partial charge in [0, 0.05) is 24.1 Å². The molecule has 0 spiro atoms. The van der Waals surface area contributed by atoms with E-state index in [2.05, 4.69) is 29.8 Å². The molecule has 0 fully saturated rings. The van der Waals surface area contributed by atoms with Crippen molar-refractivity contribution in [2.45, 2.75) is 19.9 Å². The average Bonchev–Trinajstić information content (AvgIpc) is 2.65. The lowest BCUT2D eigenvalue weighted by molar-refractivity contribution is 0.147. The smallest absolute Gasteiger partial charge is 0.0590 e. The van der Waals surface area contributed by atoms with Gasteiger partial charge in [0.05, 0.1) is 6.61 Å². The molecule has 1 aromatic heterocycles. The van der Waals surface area contributed by atoms with Gasteiger partial charge in [-0.15, -0.1) is 11.3 Å². The van der Waals surface area contributed by atoms with E-state index in [4.69, 9.17) is 4.74 Å². The van der Waals surface area contributed by atoms with Gasteiger partial charge in [0.2, 0.25) is 0 Å². The normalized spacial score (nSPS) is 13.1. The fourth-order valence-electron chi connectivity index (χ4n) is 1.13. The summed E-state index contributed by atoms with van der Waals surface area (Å²) < 4.78 is 5.24. The van der Waals surface area contributed by atoms with E-state index in [0.717, 1.165) is 19.8 Å². The Kier molecular flexibility index (Phi) is 5.05. The first-order chi connectivity index (χ1) is 6.34. The molecule has 74 valence electrons. The second-order valence-corrected chi connectivity index (χ2v) is 3.87. The van der Waals surface area contributed by atoms with Gasteiger partial charge in [0.25, 0.3) is 0 Å². The fraction of sp³-hybridized carbons (Fsp3) is 0.600. The van der Waals surface area contributed by atoms with Crippen molar-refractivity contribution in [2.75, 3.05) is 19.8 Å². The van der Waals surface area contributed by atoms with Crippen LogP contribution in [0.5, 0.6) is 0 Å². The predicted octanol–water partition coefficient (Wildman–Crippen LogP) is 2.44. The Bertz CT molecular complexity index is 211. The number of rotatable bonds is 6. The second kappa shape index (κ2) is 6.13. The van der Waals surface area contributed by atoms with Crippen molar-refractivity contribution in [3.8, 4) is 0 Å². The predicted molar refractivity (Wildman–Crippen MR) is 57.2 cm³/mol. The molecule has 1 heterocycles. The standard InChI is InChI=1S/C10H17NOS/c1-3-12-7-6-11-9(2)10-5-4-8-13-10/h4-5,8-9,11H,3,6-7H2,1-2H3. The summed E-state index contributed by atoms with van der Waals surface area (Å²) in [6.07, 6.45) is 0. The molecule has 1 aromatic rings. The summed E-state index contributed by atoms with van der Waals surface area (Å²) in [6.45, 7) is 6.72. The highest BCUT2D eigenvalue weighted by Gasteiger charge is 2.03. The molecule has 0 aliphatic carbocycles. The summed E-state index contributed by atoms with van der Waals surface area (Å²) in [6, 6.07) is 4.68. The van der Waals surface area contributed by atoms with Gasteiger partial charge < -0.3 is 10.1 Å². The molecule has 1 unspecified atom stereocenters. The van der Waals surface area contributed by atoms with Crippen LogP contribution in [0.4, 0.5) is 0 Å². The van der Waals surface area contributed by atoms with Gasteiger partial charge in [-0.2, -0.15) is 0 Å². The topological polar surface area (TPSA) is 21.3 Å². The molecule has 0 bridgehead atoms. The highest BCUT2D eigenvalue weighted by atomic mass is 32.1. The van der Waals surface area contributed by atoms with Crippen LogP contribution in [-0.4, -0.2) is 19.8 Å². The van der Waals surface area contributed by atoms with Crippen LogP contribution in [0.25, 0.3) is 0 Å². The quantitative estimate of drug-likeness (QED) is 0.710. The highest BCUT2D eigenvalue weighted by Crippen LogP contribution is 2.17. The van der Waals surface area contributed by atoms with Crippen LogP contribution in [0, 0.1) is 0 Å². The van der Waals surface area contributed by atoms with Crippen molar-refractivity contribution in [3.05, 3.63) is 22.4 Å². The van der Waals surface area contributed by atoms with Crippen molar-refractivity contribution >= 4 is 11.3 Å². The molecular weight excluding hydrogens is 182 g/mol. The van der Waals surface area contributed by atoms with Gasteiger partial charge >= 0.3 is 0 Å². The lowest BCUT2D eigenvalue weighted by Gasteiger charge is -2.11.